The molecule has 0 aliphatic heterocycles. The van der Waals surface area contributed by atoms with Crippen LogP contribution in [0.1, 0.15) is 15.9 Å². The van der Waals surface area contributed by atoms with Gasteiger partial charge in [-0.05, 0) is 64.0 Å². The third-order valence-corrected chi connectivity index (χ3v) is 3.58. The summed E-state index contributed by atoms with van der Waals surface area (Å²) in [4.78, 5) is 12.3. The molecule has 0 aromatic heterocycles. The minimum absolute atomic E-state index is 0.0244. The molecule has 0 aliphatic rings. The SMILES string of the molecule is COc1ccc(C(=O)/C(C#N)=C/c2ccc(F)c(Br)c2)cc1. The van der Waals surface area contributed by atoms with E-state index in [4.69, 9.17) is 4.74 Å². The molecule has 0 atom stereocenters. The van der Waals surface area contributed by atoms with Crippen LogP contribution in [0.3, 0.4) is 0 Å². The maximum absolute atomic E-state index is 13.2. The average Bonchev–Trinajstić information content (AvgIpc) is 2.55. The molecule has 5 heteroatoms. The van der Waals surface area contributed by atoms with Crippen molar-refractivity contribution in [3.63, 3.8) is 0 Å². The number of benzene rings is 2. The predicted molar refractivity (Wildman–Crippen MR) is 85.0 cm³/mol. The first-order chi connectivity index (χ1) is 10.5. The highest BCUT2D eigenvalue weighted by molar-refractivity contribution is 9.10. The normalized spacial score (nSPS) is 10.9. The summed E-state index contributed by atoms with van der Waals surface area (Å²) in [6.07, 6.45) is 1.43. The molecule has 0 aliphatic carbocycles. The van der Waals surface area contributed by atoms with Crippen LogP contribution < -0.4 is 4.74 Å². The molecular formula is C17H11BrFNO2. The number of carbonyl (C=O) groups excluding carboxylic acids is 1. The standard InChI is InChI=1S/C17H11BrFNO2/c1-22-14-5-3-12(4-6-14)17(21)13(10-20)8-11-2-7-16(19)15(18)9-11/h2-9H,1H3/b13-8+. The van der Waals surface area contributed by atoms with Crippen molar-refractivity contribution >= 4 is 27.8 Å². The molecule has 0 saturated carbocycles. The van der Waals surface area contributed by atoms with Crippen LogP contribution in [0.4, 0.5) is 4.39 Å². The van der Waals surface area contributed by atoms with E-state index in [1.165, 1.54) is 31.4 Å². The molecule has 110 valence electrons. The predicted octanol–water partition coefficient (Wildman–Crippen LogP) is 4.39. The molecule has 2 aromatic rings. The second-order valence-corrected chi connectivity index (χ2v) is 5.26. The highest BCUT2D eigenvalue weighted by Gasteiger charge is 2.12. The third-order valence-electron chi connectivity index (χ3n) is 2.97. The molecule has 2 aromatic carbocycles. The van der Waals surface area contributed by atoms with Gasteiger partial charge in [0, 0.05) is 5.56 Å². The topological polar surface area (TPSA) is 50.1 Å². The lowest BCUT2D eigenvalue weighted by Gasteiger charge is -2.03. The van der Waals surface area contributed by atoms with Crippen molar-refractivity contribution in [1.82, 2.24) is 0 Å². The zero-order valence-electron chi connectivity index (χ0n) is 11.6. The Morgan fingerprint density at radius 3 is 2.50 bits per heavy atom. The van der Waals surface area contributed by atoms with E-state index in [1.807, 2.05) is 6.07 Å². The number of allylic oxidation sites excluding steroid dienone is 1. The van der Waals surface area contributed by atoms with Gasteiger partial charge in [0.25, 0.3) is 0 Å². The highest BCUT2D eigenvalue weighted by atomic mass is 79.9. The fourth-order valence-electron chi connectivity index (χ4n) is 1.82. The summed E-state index contributed by atoms with van der Waals surface area (Å²) < 4.78 is 18.5. The lowest BCUT2D eigenvalue weighted by atomic mass is 10.0. The fraction of sp³-hybridized carbons (Fsp3) is 0.0588. The van der Waals surface area contributed by atoms with Crippen molar-refractivity contribution < 1.29 is 13.9 Å². The Kier molecular flexibility index (Phi) is 5.08. The van der Waals surface area contributed by atoms with E-state index in [-0.39, 0.29) is 10.0 Å². The van der Waals surface area contributed by atoms with Crippen LogP contribution in [0.2, 0.25) is 0 Å². The zero-order chi connectivity index (χ0) is 16.1. The Labute approximate surface area is 135 Å². The molecule has 0 fully saturated rings. The van der Waals surface area contributed by atoms with Gasteiger partial charge in [-0.25, -0.2) is 4.39 Å². The van der Waals surface area contributed by atoms with Gasteiger partial charge in [-0.3, -0.25) is 4.79 Å². The number of nitriles is 1. The minimum Gasteiger partial charge on any atom is -0.497 e. The Morgan fingerprint density at radius 1 is 1.27 bits per heavy atom. The van der Waals surface area contributed by atoms with Gasteiger partial charge in [0.2, 0.25) is 5.78 Å². The van der Waals surface area contributed by atoms with Gasteiger partial charge in [-0.1, -0.05) is 6.07 Å². The molecule has 0 radical (unpaired) electrons. The van der Waals surface area contributed by atoms with E-state index < -0.39 is 11.6 Å². The zero-order valence-corrected chi connectivity index (χ0v) is 13.2. The van der Waals surface area contributed by atoms with Crippen molar-refractivity contribution in [3.8, 4) is 11.8 Å². The summed E-state index contributed by atoms with van der Waals surface area (Å²) in [6.45, 7) is 0. The number of rotatable bonds is 4. The highest BCUT2D eigenvalue weighted by Crippen LogP contribution is 2.20. The summed E-state index contributed by atoms with van der Waals surface area (Å²) in [5.74, 6) is -0.177. The maximum Gasteiger partial charge on any atom is 0.203 e. The van der Waals surface area contributed by atoms with E-state index in [2.05, 4.69) is 15.9 Å². The van der Waals surface area contributed by atoms with Crippen molar-refractivity contribution in [2.45, 2.75) is 0 Å². The van der Waals surface area contributed by atoms with Gasteiger partial charge >= 0.3 is 0 Å². The Balaban J connectivity index is 2.33. The van der Waals surface area contributed by atoms with E-state index >= 15 is 0 Å². The number of halogens is 2. The quantitative estimate of drug-likeness (QED) is 0.462. The fourth-order valence-corrected chi connectivity index (χ4v) is 2.21. The molecule has 0 unspecified atom stereocenters. The Hall–Kier alpha value is -2.45. The van der Waals surface area contributed by atoms with Crippen molar-refractivity contribution in [3.05, 3.63) is 69.5 Å². The first kappa shape index (κ1) is 15.9. The number of ether oxygens (including phenoxy) is 1. The van der Waals surface area contributed by atoms with Crippen molar-refractivity contribution in [2.75, 3.05) is 7.11 Å². The number of hydrogen-bond donors (Lipinski definition) is 0. The molecular weight excluding hydrogens is 349 g/mol. The van der Waals surface area contributed by atoms with Gasteiger partial charge in [0.05, 0.1) is 11.6 Å². The molecule has 3 nitrogen and oxygen atoms in total. The number of Topliss-reactive ketones (excluding diaryl/α,β-unsaturated/α-hetero) is 1. The first-order valence-electron chi connectivity index (χ1n) is 6.30. The summed E-state index contributed by atoms with van der Waals surface area (Å²) in [7, 11) is 1.53. The van der Waals surface area contributed by atoms with Gasteiger partial charge < -0.3 is 4.74 Å². The first-order valence-corrected chi connectivity index (χ1v) is 7.10. The molecule has 22 heavy (non-hydrogen) atoms. The van der Waals surface area contributed by atoms with Gasteiger partial charge in [-0.2, -0.15) is 5.26 Å². The lowest BCUT2D eigenvalue weighted by molar-refractivity contribution is 0.104. The molecule has 0 saturated heterocycles. The smallest absolute Gasteiger partial charge is 0.203 e. The average molecular weight is 360 g/mol. The molecule has 0 amide bonds. The largest absolute Gasteiger partial charge is 0.497 e. The second-order valence-electron chi connectivity index (χ2n) is 4.40. The summed E-state index contributed by atoms with van der Waals surface area (Å²) >= 11 is 3.07. The van der Waals surface area contributed by atoms with E-state index in [0.29, 0.717) is 16.9 Å². The van der Waals surface area contributed by atoms with Crippen LogP contribution in [-0.2, 0) is 0 Å². The Morgan fingerprint density at radius 2 is 1.95 bits per heavy atom. The molecule has 0 heterocycles. The molecule has 2 rings (SSSR count). The summed E-state index contributed by atoms with van der Waals surface area (Å²) in [6, 6.07) is 12.6. The van der Waals surface area contributed by atoms with Crippen molar-refractivity contribution in [2.24, 2.45) is 0 Å². The number of methoxy groups -OCH3 is 1. The molecule has 0 spiro atoms. The third kappa shape index (κ3) is 3.60. The maximum atomic E-state index is 13.2. The number of carbonyl (C=O) groups is 1. The van der Waals surface area contributed by atoms with E-state index in [9.17, 15) is 14.4 Å². The van der Waals surface area contributed by atoms with Crippen molar-refractivity contribution in [1.29, 1.82) is 5.26 Å². The van der Waals surface area contributed by atoms with E-state index in [0.717, 1.165) is 0 Å². The van der Waals surface area contributed by atoms with Crippen LogP contribution in [0.5, 0.6) is 5.75 Å². The van der Waals surface area contributed by atoms with Gasteiger partial charge in [0.15, 0.2) is 0 Å². The lowest BCUT2D eigenvalue weighted by Crippen LogP contribution is -2.02. The molecule has 0 bridgehead atoms. The minimum atomic E-state index is -0.405. The van der Waals surface area contributed by atoms with Gasteiger partial charge in [0.1, 0.15) is 23.2 Å². The van der Waals surface area contributed by atoms with Gasteiger partial charge in [-0.15, -0.1) is 0 Å². The Bertz CT molecular complexity index is 776. The van der Waals surface area contributed by atoms with Crippen LogP contribution in [0.25, 0.3) is 6.08 Å². The molecule has 0 N–H and O–H groups in total. The summed E-state index contributed by atoms with van der Waals surface area (Å²) in [5, 5.41) is 9.19. The number of hydrogen-bond acceptors (Lipinski definition) is 3. The van der Waals surface area contributed by atoms with Crippen LogP contribution >= 0.6 is 15.9 Å². The number of ketones is 1. The van der Waals surface area contributed by atoms with E-state index in [1.54, 1.807) is 24.3 Å². The monoisotopic (exact) mass is 359 g/mol. The van der Waals surface area contributed by atoms with Crippen LogP contribution in [0.15, 0.2) is 52.5 Å². The summed E-state index contributed by atoms with van der Waals surface area (Å²) in [5.41, 5.74) is 0.921. The second kappa shape index (κ2) is 7.01. The van der Waals surface area contributed by atoms with Crippen LogP contribution in [0, 0.1) is 17.1 Å². The number of nitrogens with zero attached hydrogens (tertiary/aromatic N) is 1. The van der Waals surface area contributed by atoms with Crippen LogP contribution in [-0.4, -0.2) is 12.9 Å².